The van der Waals surface area contributed by atoms with Gasteiger partial charge in [-0.25, -0.2) is 0 Å². The summed E-state index contributed by atoms with van der Waals surface area (Å²) in [6.07, 6.45) is 13.0. The maximum absolute atomic E-state index is 8.43. The first kappa shape index (κ1) is 22.1. The van der Waals surface area contributed by atoms with Crippen LogP contribution in [0.4, 0.5) is 0 Å². The summed E-state index contributed by atoms with van der Waals surface area (Å²) in [4.78, 5) is 0. The highest BCUT2D eigenvalue weighted by Gasteiger charge is 1.89. The van der Waals surface area contributed by atoms with Crippen LogP contribution in [0.3, 0.4) is 0 Å². The van der Waals surface area contributed by atoms with E-state index in [1.165, 1.54) is 25.7 Å². The number of aliphatic hydroxyl groups is 4. The van der Waals surface area contributed by atoms with Gasteiger partial charge < -0.3 is 20.4 Å². The van der Waals surface area contributed by atoms with Crippen molar-refractivity contribution in [2.24, 2.45) is 0 Å². The van der Waals surface area contributed by atoms with E-state index in [-0.39, 0.29) is 0 Å². The second-order valence-corrected chi connectivity index (χ2v) is 5.14. The Kier molecular flexibility index (Phi) is 26.4. The quantitative estimate of drug-likeness (QED) is 0.371. The summed E-state index contributed by atoms with van der Waals surface area (Å²) >= 11 is 0. The molecule has 124 valence electrons. The molecule has 0 aromatic heterocycles. The molecule has 0 atom stereocenters. The SMILES string of the molecule is OCCCCCCCCO.OCCCCCCCCO. The van der Waals surface area contributed by atoms with Gasteiger partial charge in [0, 0.05) is 26.4 Å². The summed E-state index contributed by atoms with van der Waals surface area (Å²) < 4.78 is 0. The summed E-state index contributed by atoms with van der Waals surface area (Å²) in [5.41, 5.74) is 0. The van der Waals surface area contributed by atoms with Crippen molar-refractivity contribution < 1.29 is 20.4 Å². The van der Waals surface area contributed by atoms with Gasteiger partial charge in [-0.3, -0.25) is 0 Å². The second-order valence-electron chi connectivity index (χ2n) is 5.14. The molecule has 0 amide bonds. The van der Waals surface area contributed by atoms with Crippen LogP contribution in [-0.2, 0) is 0 Å². The lowest BCUT2D eigenvalue weighted by Gasteiger charge is -1.97. The van der Waals surface area contributed by atoms with Crippen LogP contribution in [0.2, 0.25) is 0 Å². The van der Waals surface area contributed by atoms with Crippen LogP contribution in [0.1, 0.15) is 77.0 Å². The van der Waals surface area contributed by atoms with Gasteiger partial charge in [0.2, 0.25) is 0 Å². The average molecular weight is 292 g/mol. The fourth-order valence-electron chi connectivity index (χ4n) is 1.86. The van der Waals surface area contributed by atoms with E-state index in [0.29, 0.717) is 26.4 Å². The van der Waals surface area contributed by atoms with Crippen LogP contribution in [0.15, 0.2) is 0 Å². The van der Waals surface area contributed by atoms with Crippen LogP contribution in [0.25, 0.3) is 0 Å². The molecule has 0 aliphatic carbocycles. The van der Waals surface area contributed by atoms with Crippen molar-refractivity contribution in [1.29, 1.82) is 0 Å². The summed E-state index contributed by atoms with van der Waals surface area (Å²) in [7, 11) is 0. The molecule has 4 heteroatoms. The topological polar surface area (TPSA) is 80.9 Å². The van der Waals surface area contributed by atoms with E-state index in [2.05, 4.69) is 0 Å². The number of hydrogen-bond donors (Lipinski definition) is 4. The zero-order chi connectivity index (χ0) is 15.3. The van der Waals surface area contributed by atoms with Crippen LogP contribution in [-0.4, -0.2) is 46.9 Å². The summed E-state index contributed by atoms with van der Waals surface area (Å²) in [6, 6.07) is 0. The number of rotatable bonds is 14. The zero-order valence-corrected chi connectivity index (χ0v) is 13.1. The Morgan fingerprint density at radius 3 is 0.550 bits per heavy atom. The van der Waals surface area contributed by atoms with Gasteiger partial charge in [0.1, 0.15) is 0 Å². The van der Waals surface area contributed by atoms with Crippen molar-refractivity contribution in [2.45, 2.75) is 77.0 Å². The highest BCUT2D eigenvalue weighted by atomic mass is 16.3. The van der Waals surface area contributed by atoms with Gasteiger partial charge in [-0.15, -0.1) is 0 Å². The van der Waals surface area contributed by atoms with Crippen molar-refractivity contribution >= 4 is 0 Å². The lowest BCUT2D eigenvalue weighted by molar-refractivity contribution is 0.275. The molecule has 4 N–H and O–H groups in total. The molecule has 0 aliphatic heterocycles. The highest BCUT2D eigenvalue weighted by molar-refractivity contribution is 4.44. The highest BCUT2D eigenvalue weighted by Crippen LogP contribution is 2.04. The third-order valence-corrected chi connectivity index (χ3v) is 3.13. The first-order valence-electron chi connectivity index (χ1n) is 8.26. The molecular weight excluding hydrogens is 256 g/mol. The molecule has 0 radical (unpaired) electrons. The van der Waals surface area contributed by atoms with E-state index >= 15 is 0 Å². The average Bonchev–Trinajstić information content (AvgIpc) is 2.47. The van der Waals surface area contributed by atoms with Crippen LogP contribution in [0.5, 0.6) is 0 Å². The minimum atomic E-state index is 0.319. The van der Waals surface area contributed by atoms with Gasteiger partial charge in [-0.2, -0.15) is 0 Å². The van der Waals surface area contributed by atoms with E-state index in [4.69, 9.17) is 20.4 Å². The second kappa shape index (κ2) is 23.9. The van der Waals surface area contributed by atoms with E-state index < -0.39 is 0 Å². The van der Waals surface area contributed by atoms with Crippen molar-refractivity contribution in [2.75, 3.05) is 26.4 Å². The molecule has 0 aromatic rings. The Balaban J connectivity index is 0. The molecule has 0 fully saturated rings. The molecule has 0 aliphatic rings. The lowest BCUT2D eigenvalue weighted by atomic mass is 10.1. The number of unbranched alkanes of at least 4 members (excludes halogenated alkanes) is 10. The van der Waals surface area contributed by atoms with E-state index in [9.17, 15) is 0 Å². The largest absolute Gasteiger partial charge is 0.396 e. The van der Waals surface area contributed by atoms with E-state index in [1.54, 1.807) is 0 Å². The molecule has 0 unspecified atom stereocenters. The molecule has 0 spiro atoms. The molecule has 0 rings (SSSR count). The Bertz CT molecular complexity index is 110. The summed E-state index contributed by atoms with van der Waals surface area (Å²) in [5, 5.41) is 33.7. The molecule has 20 heavy (non-hydrogen) atoms. The molecule has 0 aromatic carbocycles. The fourth-order valence-corrected chi connectivity index (χ4v) is 1.86. The first-order valence-corrected chi connectivity index (χ1v) is 8.26. The summed E-state index contributed by atoms with van der Waals surface area (Å²) in [6.45, 7) is 1.28. The fraction of sp³-hybridized carbons (Fsp3) is 1.00. The third kappa shape index (κ3) is 26.4. The normalized spacial score (nSPS) is 10.2. The van der Waals surface area contributed by atoms with Crippen LogP contribution >= 0.6 is 0 Å². The third-order valence-electron chi connectivity index (χ3n) is 3.13. The summed E-state index contributed by atoms with van der Waals surface area (Å²) in [5.74, 6) is 0. The Hall–Kier alpha value is -0.160. The molecule has 4 nitrogen and oxygen atoms in total. The minimum absolute atomic E-state index is 0.319. The van der Waals surface area contributed by atoms with Crippen molar-refractivity contribution in [3.8, 4) is 0 Å². The number of aliphatic hydroxyl groups excluding tert-OH is 4. The van der Waals surface area contributed by atoms with Gasteiger partial charge in [-0.05, 0) is 25.7 Å². The van der Waals surface area contributed by atoms with Gasteiger partial charge in [-0.1, -0.05) is 51.4 Å². The molecule has 0 saturated heterocycles. The first-order chi connectivity index (χ1) is 9.83. The van der Waals surface area contributed by atoms with Gasteiger partial charge in [0.05, 0.1) is 0 Å². The monoisotopic (exact) mass is 292 g/mol. The maximum atomic E-state index is 8.43. The predicted molar refractivity (Wildman–Crippen MR) is 83.7 cm³/mol. The Labute approximate surface area is 124 Å². The van der Waals surface area contributed by atoms with E-state index in [1.807, 2.05) is 0 Å². The maximum Gasteiger partial charge on any atom is 0.0431 e. The predicted octanol–water partition coefficient (Wildman–Crippen LogP) is 2.62. The van der Waals surface area contributed by atoms with E-state index in [0.717, 1.165) is 51.4 Å². The van der Waals surface area contributed by atoms with Crippen LogP contribution in [0, 0.1) is 0 Å². The standard InChI is InChI=1S/2C8H18O2/c2*9-7-5-3-1-2-4-6-8-10/h2*9-10H,1-8H2. The molecule has 0 bridgehead atoms. The molecule has 0 heterocycles. The van der Waals surface area contributed by atoms with Crippen LogP contribution < -0.4 is 0 Å². The zero-order valence-electron chi connectivity index (χ0n) is 13.1. The minimum Gasteiger partial charge on any atom is -0.396 e. The van der Waals surface area contributed by atoms with Gasteiger partial charge in [0.15, 0.2) is 0 Å². The molecule has 0 saturated carbocycles. The number of hydrogen-bond acceptors (Lipinski definition) is 4. The lowest BCUT2D eigenvalue weighted by Crippen LogP contribution is -1.85. The Morgan fingerprint density at radius 2 is 0.400 bits per heavy atom. The van der Waals surface area contributed by atoms with Crippen molar-refractivity contribution in [3.05, 3.63) is 0 Å². The van der Waals surface area contributed by atoms with Gasteiger partial charge in [0.25, 0.3) is 0 Å². The van der Waals surface area contributed by atoms with Gasteiger partial charge >= 0.3 is 0 Å². The molecular formula is C16H36O4. The van der Waals surface area contributed by atoms with Crippen molar-refractivity contribution in [1.82, 2.24) is 0 Å². The van der Waals surface area contributed by atoms with Crippen molar-refractivity contribution in [3.63, 3.8) is 0 Å². The smallest absolute Gasteiger partial charge is 0.0431 e. The Morgan fingerprint density at radius 1 is 0.250 bits per heavy atom.